The monoisotopic (exact) mass is 461 g/mol. The van der Waals surface area contributed by atoms with Crippen LogP contribution >= 0.6 is 0 Å². The molecule has 4 rings (SSSR count). The zero-order valence-corrected chi connectivity index (χ0v) is 19.2. The molecule has 1 amide bonds. The number of hydrogen-bond acceptors (Lipinski definition) is 8. The lowest BCUT2D eigenvalue weighted by atomic mass is 9.93. The molecular formula is C24H27N7O3. The molecule has 0 saturated heterocycles. The van der Waals surface area contributed by atoms with E-state index in [1.54, 1.807) is 12.3 Å². The van der Waals surface area contributed by atoms with Gasteiger partial charge in [0.05, 0.1) is 5.39 Å². The first kappa shape index (κ1) is 23.1. The molecule has 0 unspecified atom stereocenters. The van der Waals surface area contributed by atoms with Crippen LogP contribution in [0.1, 0.15) is 32.6 Å². The van der Waals surface area contributed by atoms with Gasteiger partial charge in [0.25, 0.3) is 5.56 Å². The van der Waals surface area contributed by atoms with Crippen LogP contribution in [0.15, 0.2) is 58.0 Å². The van der Waals surface area contributed by atoms with E-state index in [1.165, 1.54) is 0 Å². The fourth-order valence-electron chi connectivity index (χ4n) is 3.42. The first-order valence-corrected chi connectivity index (χ1v) is 11.1. The van der Waals surface area contributed by atoms with Crippen LogP contribution in [0.25, 0.3) is 22.3 Å². The highest BCUT2D eigenvalue weighted by atomic mass is 16.5. The van der Waals surface area contributed by atoms with Gasteiger partial charge in [0.15, 0.2) is 5.82 Å². The van der Waals surface area contributed by atoms with Crippen molar-refractivity contribution in [3.05, 3.63) is 64.9 Å². The number of nitrogens with zero attached hydrogens (tertiary/aromatic N) is 4. The van der Waals surface area contributed by atoms with Gasteiger partial charge in [0.1, 0.15) is 5.69 Å². The molecule has 4 aromatic rings. The Morgan fingerprint density at radius 2 is 1.88 bits per heavy atom. The van der Waals surface area contributed by atoms with Crippen molar-refractivity contribution in [1.29, 1.82) is 0 Å². The van der Waals surface area contributed by atoms with E-state index in [9.17, 15) is 9.59 Å². The fourth-order valence-corrected chi connectivity index (χ4v) is 3.42. The third-order valence-electron chi connectivity index (χ3n) is 5.35. The van der Waals surface area contributed by atoms with Crippen molar-refractivity contribution >= 4 is 22.5 Å². The molecule has 1 aromatic carbocycles. The molecule has 0 radical (unpaired) electrons. The second kappa shape index (κ2) is 10.2. The summed E-state index contributed by atoms with van der Waals surface area (Å²) in [6, 6.07) is 12.8. The minimum absolute atomic E-state index is 0.0369. The predicted molar refractivity (Wildman–Crippen MR) is 128 cm³/mol. The largest absolute Gasteiger partial charge is 0.368 e. The number of benzene rings is 1. The van der Waals surface area contributed by atoms with Gasteiger partial charge in [-0.15, -0.1) is 0 Å². The molecule has 0 aliphatic carbocycles. The van der Waals surface area contributed by atoms with Crippen molar-refractivity contribution in [2.45, 2.75) is 33.1 Å². The van der Waals surface area contributed by atoms with Crippen LogP contribution in [0.4, 0.5) is 5.82 Å². The average Bonchev–Trinajstić information content (AvgIpc) is 3.32. The highest BCUT2D eigenvalue weighted by Gasteiger charge is 2.20. The number of aromatic nitrogens is 5. The van der Waals surface area contributed by atoms with Crippen LogP contribution < -0.4 is 16.2 Å². The molecule has 3 N–H and O–H groups in total. The van der Waals surface area contributed by atoms with Gasteiger partial charge in [-0.25, -0.2) is 5.10 Å². The van der Waals surface area contributed by atoms with Gasteiger partial charge in [0, 0.05) is 37.5 Å². The molecule has 0 atom stereocenters. The molecule has 176 valence electrons. The maximum Gasteiger partial charge on any atom is 0.272 e. The molecular weight excluding hydrogens is 434 g/mol. The number of rotatable bonds is 10. The first-order valence-electron chi connectivity index (χ1n) is 11.1. The summed E-state index contributed by atoms with van der Waals surface area (Å²) in [5.41, 5.74) is 0.191. The molecule has 0 saturated carbocycles. The number of fused-ring (bicyclic) bond motifs is 1. The maximum atomic E-state index is 12.3. The highest BCUT2D eigenvalue weighted by molar-refractivity contribution is 5.90. The Balaban J connectivity index is 1.22. The van der Waals surface area contributed by atoms with Crippen molar-refractivity contribution < 1.29 is 9.32 Å². The van der Waals surface area contributed by atoms with Crippen LogP contribution in [0.2, 0.25) is 0 Å². The molecule has 0 aliphatic rings. The molecule has 0 bridgehead atoms. The van der Waals surface area contributed by atoms with Crippen LogP contribution in [0, 0.1) is 5.41 Å². The lowest BCUT2D eigenvalue weighted by Crippen LogP contribution is -2.38. The minimum Gasteiger partial charge on any atom is -0.368 e. The Morgan fingerprint density at radius 1 is 1.09 bits per heavy atom. The number of aryl methyl sites for hydroxylation is 1. The van der Waals surface area contributed by atoms with E-state index >= 15 is 0 Å². The van der Waals surface area contributed by atoms with Crippen LogP contribution in [-0.4, -0.2) is 44.3 Å². The van der Waals surface area contributed by atoms with E-state index in [2.05, 4.69) is 36.0 Å². The summed E-state index contributed by atoms with van der Waals surface area (Å²) in [6.45, 7) is 5.15. The number of pyridine rings is 1. The van der Waals surface area contributed by atoms with Gasteiger partial charge in [-0.1, -0.05) is 43.3 Å². The summed E-state index contributed by atoms with van der Waals surface area (Å²) < 4.78 is 5.26. The number of anilines is 1. The Bertz CT molecular complexity index is 1310. The summed E-state index contributed by atoms with van der Waals surface area (Å²) in [5, 5.41) is 18.2. The normalized spacial score (nSPS) is 11.5. The Hall–Kier alpha value is -4.08. The summed E-state index contributed by atoms with van der Waals surface area (Å²) in [4.78, 5) is 32.8. The molecule has 0 aliphatic heterocycles. The molecule has 3 aromatic heterocycles. The summed E-state index contributed by atoms with van der Waals surface area (Å²) in [7, 11) is 0. The lowest BCUT2D eigenvalue weighted by Gasteiger charge is -2.25. The van der Waals surface area contributed by atoms with Crippen LogP contribution in [0.5, 0.6) is 0 Å². The van der Waals surface area contributed by atoms with Gasteiger partial charge in [-0.3, -0.25) is 14.6 Å². The van der Waals surface area contributed by atoms with Crippen molar-refractivity contribution in [1.82, 2.24) is 30.6 Å². The smallest absolute Gasteiger partial charge is 0.272 e. The quantitative estimate of drug-likeness (QED) is 0.328. The summed E-state index contributed by atoms with van der Waals surface area (Å²) >= 11 is 0. The average molecular weight is 462 g/mol. The van der Waals surface area contributed by atoms with Gasteiger partial charge >= 0.3 is 0 Å². The van der Waals surface area contributed by atoms with E-state index in [4.69, 9.17) is 4.52 Å². The van der Waals surface area contributed by atoms with Crippen LogP contribution in [0.3, 0.4) is 0 Å². The molecule has 0 fully saturated rings. The van der Waals surface area contributed by atoms with Crippen LogP contribution in [-0.2, 0) is 11.2 Å². The molecule has 10 heteroatoms. The van der Waals surface area contributed by atoms with E-state index < -0.39 is 0 Å². The number of H-pyrrole nitrogens is 1. The van der Waals surface area contributed by atoms with Gasteiger partial charge in [0.2, 0.25) is 17.6 Å². The first-order chi connectivity index (χ1) is 16.4. The number of carbonyl (C=O) groups excluding carboxylic acids is 1. The molecule has 34 heavy (non-hydrogen) atoms. The Kier molecular flexibility index (Phi) is 6.95. The highest BCUT2D eigenvalue weighted by Crippen LogP contribution is 2.20. The fraction of sp³-hybridized carbons (Fsp3) is 0.333. The maximum absolute atomic E-state index is 12.3. The lowest BCUT2D eigenvalue weighted by molar-refractivity contribution is -0.121. The van der Waals surface area contributed by atoms with E-state index in [0.29, 0.717) is 61.0 Å². The standard InChI is InChI=1S/C24H27N7O3/c1-24(2,15-27-21-16-8-3-4-9-17(16)23(33)30-29-21)14-26-19(32)11-7-12-20-28-22(31-34-20)18-10-5-6-13-25-18/h3-6,8-10,13H,7,11-12,14-15H2,1-2H3,(H,26,32)(H,27,29)(H,30,33). The molecule has 10 nitrogen and oxygen atoms in total. The SMILES string of the molecule is CC(C)(CNC(=O)CCCc1nc(-c2ccccn2)no1)CNc1n[nH]c(=O)c2ccccc12. The molecule has 0 spiro atoms. The van der Waals surface area contributed by atoms with Gasteiger partial charge < -0.3 is 15.2 Å². The minimum atomic E-state index is -0.237. The molecule has 3 heterocycles. The van der Waals surface area contributed by atoms with E-state index in [1.807, 2.05) is 50.2 Å². The number of hydrogen-bond donors (Lipinski definition) is 3. The van der Waals surface area contributed by atoms with Gasteiger partial charge in [-0.05, 0) is 30.0 Å². The zero-order chi connectivity index (χ0) is 24.0. The Labute approximate surface area is 196 Å². The van der Waals surface area contributed by atoms with Crippen molar-refractivity contribution in [2.75, 3.05) is 18.4 Å². The van der Waals surface area contributed by atoms with Crippen molar-refractivity contribution in [2.24, 2.45) is 5.41 Å². The zero-order valence-electron chi connectivity index (χ0n) is 19.2. The van der Waals surface area contributed by atoms with Crippen molar-refractivity contribution in [3.63, 3.8) is 0 Å². The van der Waals surface area contributed by atoms with Gasteiger partial charge in [-0.2, -0.15) is 10.1 Å². The number of carbonyl (C=O) groups is 1. The third kappa shape index (κ3) is 5.83. The number of aromatic amines is 1. The number of amides is 1. The van der Waals surface area contributed by atoms with Crippen molar-refractivity contribution in [3.8, 4) is 11.5 Å². The van der Waals surface area contributed by atoms with E-state index in [-0.39, 0.29) is 16.9 Å². The second-order valence-electron chi connectivity index (χ2n) is 8.82. The predicted octanol–water partition coefficient (Wildman–Crippen LogP) is 2.95. The topological polar surface area (TPSA) is 139 Å². The third-order valence-corrected chi connectivity index (χ3v) is 5.35. The number of nitrogens with one attached hydrogen (secondary N) is 3. The Morgan fingerprint density at radius 3 is 2.68 bits per heavy atom. The summed E-state index contributed by atoms with van der Waals surface area (Å²) in [6.07, 6.45) is 3.15. The second-order valence-corrected chi connectivity index (χ2v) is 8.82. The van der Waals surface area contributed by atoms with E-state index in [0.717, 1.165) is 5.39 Å². The summed E-state index contributed by atoms with van der Waals surface area (Å²) in [5.74, 6) is 1.50.